The molecule has 3 aromatic rings. The zero-order valence-corrected chi connectivity index (χ0v) is 19.3. The summed E-state index contributed by atoms with van der Waals surface area (Å²) in [7, 11) is 2.03. The van der Waals surface area contributed by atoms with Crippen LogP contribution >= 0.6 is 11.6 Å². The van der Waals surface area contributed by atoms with Crippen LogP contribution in [0.3, 0.4) is 0 Å². The lowest BCUT2D eigenvalue weighted by molar-refractivity contribution is 0.236. The molecule has 0 unspecified atom stereocenters. The summed E-state index contributed by atoms with van der Waals surface area (Å²) in [4.78, 5) is 7.32. The summed E-state index contributed by atoms with van der Waals surface area (Å²) >= 11 is 6.46. The van der Waals surface area contributed by atoms with Gasteiger partial charge < -0.3 is 5.32 Å². The van der Waals surface area contributed by atoms with E-state index >= 15 is 0 Å². The van der Waals surface area contributed by atoms with Crippen LogP contribution in [0.15, 0.2) is 60.3 Å². The number of fused-ring (bicyclic) bond motifs is 1. The van der Waals surface area contributed by atoms with Crippen LogP contribution in [0.1, 0.15) is 19.8 Å². The zero-order chi connectivity index (χ0) is 22.5. The van der Waals surface area contributed by atoms with Crippen molar-refractivity contribution in [3.05, 3.63) is 65.4 Å². The Morgan fingerprint density at radius 1 is 1.34 bits per heavy atom. The standard InChI is InChI=1S/C25H27BClN5/c1-3-5-8-18(4-2)17-31-13-11-19(12-14-31)29-24-15-23(20-9-6-7-10-22(20)27)30-25-21(26)16-28-32(24)25/h1,4-10,15-16,19,29H,11-14,17,26H2,2H3/b8-5-,18-4+. The number of allylic oxidation sites excluding steroid dienone is 2. The second-order valence-corrected chi connectivity index (χ2v) is 8.54. The molecule has 1 fully saturated rings. The summed E-state index contributed by atoms with van der Waals surface area (Å²) in [5.74, 6) is 3.52. The molecule has 1 aliphatic heterocycles. The Labute approximate surface area is 195 Å². The molecule has 5 nitrogen and oxygen atoms in total. The third-order valence-corrected chi connectivity index (χ3v) is 6.24. The number of aromatic nitrogens is 3. The van der Waals surface area contributed by atoms with Gasteiger partial charge in [-0.15, -0.1) is 6.42 Å². The fourth-order valence-electron chi connectivity index (χ4n) is 4.08. The minimum Gasteiger partial charge on any atom is -0.367 e. The second-order valence-electron chi connectivity index (χ2n) is 8.13. The lowest BCUT2D eigenvalue weighted by Gasteiger charge is -2.33. The van der Waals surface area contributed by atoms with Crippen molar-refractivity contribution in [3.8, 4) is 23.6 Å². The number of benzene rings is 1. The van der Waals surface area contributed by atoms with Crippen LogP contribution in [0, 0.1) is 12.3 Å². The highest BCUT2D eigenvalue weighted by atomic mass is 35.5. The van der Waals surface area contributed by atoms with Gasteiger partial charge >= 0.3 is 0 Å². The Kier molecular flexibility index (Phi) is 6.99. The maximum atomic E-state index is 6.46. The molecule has 0 bridgehead atoms. The lowest BCUT2D eigenvalue weighted by Crippen LogP contribution is -2.40. The lowest BCUT2D eigenvalue weighted by atomic mass is 10.0. The topological polar surface area (TPSA) is 45.5 Å². The summed E-state index contributed by atoms with van der Waals surface area (Å²) in [6, 6.07) is 10.2. The predicted molar refractivity (Wildman–Crippen MR) is 136 cm³/mol. The van der Waals surface area contributed by atoms with Gasteiger partial charge in [0.25, 0.3) is 0 Å². The summed E-state index contributed by atoms with van der Waals surface area (Å²) < 4.78 is 1.89. The van der Waals surface area contributed by atoms with Gasteiger partial charge in [-0.25, -0.2) is 4.98 Å². The Morgan fingerprint density at radius 2 is 2.12 bits per heavy atom. The van der Waals surface area contributed by atoms with Crippen molar-refractivity contribution in [1.29, 1.82) is 0 Å². The van der Waals surface area contributed by atoms with Gasteiger partial charge in [0.05, 0.1) is 5.69 Å². The Hall–Kier alpha value is -3.01. The van der Waals surface area contributed by atoms with Crippen molar-refractivity contribution < 1.29 is 0 Å². The normalized spacial score (nSPS) is 16.0. The molecule has 0 atom stereocenters. The first-order valence-electron chi connectivity index (χ1n) is 11.0. The van der Waals surface area contributed by atoms with Crippen molar-refractivity contribution in [3.63, 3.8) is 0 Å². The van der Waals surface area contributed by atoms with Crippen LogP contribution < -0.4 is 10.8 Å². The molecule has 162 valence electrons. The number of nitrogens with one attached hydrogen (secondary N) is 1. The first-order valence-corrected chi connectivity index (χ1v) is 11.3. The number of terminal acetylenes is 1. The summed E-state index contributed by atoms with van der Waals surface area (Å²) in [5, 5.41) is 8.97. The molecular formula is C25H27BClN5. The van der Waals surface area contributed by atoms with E-state index in [1.54, 1.807) is 6.08 Å². The SMILES string of the molecule is Bc1cnn2c(NC3CCN(CC(/C=C\C#C)=C/C)CC3)cc(-c3ccccc3Cl)nc12. The van der Waals surface area contributed by atoms with Crippen LogP contribution in [0.25, 0.3) is 16.9 Å². The number of anilines is 1. The van der Waals surface area contributed by atoms with Crippen molar-refractivity contribution in [2.75, 3.05) is 25.0 Å². The Morgan fingerprint density at radius 3 is 2.84 bits per heavy atom. The first kappa shape index (κ1) is 22.2. The molecule has 0 amide bonds. The van der Waals surface area contributed by atoms with E-state index in [2.05, 4.69) is 40.3 Å². The monoisotopic (exact) mass is 443 g/mol. The van der Waals surface area contributed by atoms with Crippen LogP contribution in [0.5, 0.6) is 0 Å². The zero-order valence-electron chi connectivity index (χ0n) is 18.6. The number of nitrogens with zero attached hydrogens (tertiary/aromatic N) is 4. The number of likely N-dealkylation sites (tertiary alicyclic amines) is 1. The predicted octanol–water partition coefficient (Wildman–Crippen LogP) is 3.32. The van der Waals surface area contributed by atoms with Crippen LogP contribution in [0.2, 0.25) is 5.02 Å². The maximum absolute atomic E-state index is 6.46. The molecule has 32 heavy (non-hydrogen) atoms. The third kappa shape index (κ3) is 4.90. The number of rotatable bonds is 6. The number of piperidine rings is 1. The van der Waals surface area contributed by atoms with Gasteiger partial charge in [0, 0.05) is 48.5 Å². The third-order valence-electron chi connectivity index (χ3n) is 5.91. The fourth-order valence-corrected chi connectivity index (χ4v) is 4.31. The van der Waals surface area contributed by atoms with Crippen LogP contribution in [-0.4, -0.2) is 53.0 Å². The molecule has 2 aromatic heterocycles. The van der Waals surface area contributed by atoms with Crippen molar-refractivity contribution in [2.45, 2.75) is 25.8 Å². The number of hydrogen-bond acceptors (Lipinski definition) is 4. The molecule has 7 heteroatoms. The molecule has 1 saturated heterocycles. The molecule has 0 saturated carbocycles. The highest BCUT2D eigenvalue weighted by Crippen LogP contribution is 2.29. The van der Waals surface area contributed by atoms with Crippen molar-refractivity contribution in [1.82, 2.24) is 19.5 Å². The summed E-state index contributed by atoms with van der Waals surface area (Å²) in [6.45, 7) is 5.04. The largest absolute Gasteiger partial charge is 0.367 e. The smallest absolute Gasteiger partial charge is 0.151 e. The van der Waals surface area contributed by atoms with Gasteiger partial charge in [0.15, 0.2) is 5.65 Å². The van der Waals surface area contributed by atoms with E-state index in [4.69, 9.17) is 23.0 Å². The van der Waals surface area contributed by atoms with E-state index in [1.165, 1.54) is 5.57 Å². The van der Waals surface area contributed by atoms with Gasteiger partial charge in [-0.2, -0.15) is 9.61 Å². The van der Waals surface area contributed by atoms with E-state index in [1.807, 2.05) is 48.9 Å². The van der Waals surface area contributed by atoms with Gasteiger partial charge in [0.2, 0.25) is 0 Å². The molecule has 3 heterocycles. The molecule has 1 N–H and O–H groups in total. The summed E-state index contributed by atoms with van der Waals surface area (Å²) in [6.07, 6.45) is 15.2. The van der Waals surface area contributed by atoms with Crippen LogP contribution in [0.4, 0.5) is 5.82 Å². The van der Waals surface area contributed by atoms with Crippen LogP contribution in [-0.2, 0) is 0 Å². The van der Waals surface area contributed by atoms with Crippen molar-refractivity contribution >= 4 is 36.4 Å². The van der Waals surface area contributed by atoms with Crippen molar-refractivity contribution in [2.24, 2.45) is 0 Å². The van der Waals surface area contributed by atoms with E-state index in [0.29, 0.717) is 11.1 Å². The molecule has 4 rings (SSSR count). The quantitative estimate of drug-likeness (QED) is 0.361. The Balaban J connectivity index is 1.51. The average Bonchev–Trinajstić information content (AvgIpc) is 3.19. The summed E-state index contributed by atoms with van der Waals surface area (Å²) in [5.41, 5.74) is 4.91. The molecule has 0 radical (unpaired) electrons. The molecule has 0 spiro atoms. The second kappa shape index (κ2) is 10.1. The number of hydrogen-bond donors (Lipinski definition) is 1. The Bertz CT molecular complexity index is 1200. The highest BCUT2D eigenvalue weighted by molar-refractivity contribution is 6.36. The molecule has 1 aromatic carbocycles. The number of halogens is 1. The molecule has 1 aliphatic rings. The van der Waals surface area contributed by atoms with E-state index < -0.39 is 0 Å². The molecular weight excluding hydrogens is 417 g/mol. The van der Waals surface area contributed by atoms with E-state index in [0.717, 1.165) is 60.7 Å². The highest BCUT2D eigenvalue weighted by Gasteiger charge is 2.21. The minimum absolute atomic E-state index is 0.371. The average molecular weight is 444 g/mol. The van der Waals surface area contributed by atoms with E-state index in [-0.39, 0.29) is 0 Å². The van der Waals surface area contributed by atoms with E-state index in [9.17, 15) is 0 Å². The van der Waals surface area contributed by atoms with Gasteiger partial charge in [-0.05, 0) is 49.0 Å². The minimum atomic E-state index is 0.371. The van der Waals surface area contributed by atoms with Gasteiger partial charge in [-0.1, -0.05) is 41.8 Å². The maximum Gasteiger partial charge on any atom is 0.151 e. The fraction of sp³-hybridized carbons (Fsp3) is 0.280. The van der Waals surface area contributed by atoms with Gasteiger partial charge in [0.1, 0.15) is 13.7 Å². The van der Waals surface area contributed by atoms with Gasteiger partial charge in [-0.3, -0.25) is 4.90 Å². The first-order chi connectivity index (χ1) is 15.6. The molecule has 0 aliphatic carbocycles.